The molecule has 0 radical (unpaired) electrons. The van der Waals surface area contributed by atoms with E-state index in [4.69, 9.17) is 5.73 Å². The van der Waals surface area contributed by atoms with Gasteiger partial charge in [0, 0.05) is 73.8 Å². The summed E-state index contributed by atoms with van der Waals surface area (Å²) in [6, 6.07) is 5.50. The van der Waals surface area contributed by atoms with Crippen LogP contribution in [0.15, 0.2) is 35.5 Å². The summed E-state index contributed by atoms with van der Waals surface area (Å²) >= 11 is 0. The lowest BCUT2D eigenvalue weighted by molar-refractivity contribution is 0.114. The van der Waals surface area contributed by atoms with Crippen molar-refractivity contribution in [1.82, 2.24) is 29.2 Å². The molecule has 2 N–H and O–H groups in total. The van der Waals surface area contributed by atoms with E-state index in [1.165, 1.54) is 17.6 Å². The Hall–Kier alpha value is -3.00. The third-order valence-corrected chi connectivity index (χ3v) is 6.35. The van der Waals surface area contributed by atoms with Gasteiger partial charge in [0.15, 0.2) is 0 Å². The number of aromatic nitrogens is 5. The molecule has 0 aromatic carbocycles. The zero-order valence-corrected chi connectivity index (χ0v) is 16.7. The number of likely N-dealkylation sites (tertiary alicyclic amines) is 1. The first-order valence-corrected chi connectivity index (χ1v) is 10.0. The monoisotopic (exact) mass is 391 g/mol. The van der Waals surface area contributed by atoms with Gasteiger partial charge in [-0.15, -0.1) is 0 Å². The Kier molecular flexibility index (Phi) is 4.24. The fraction of sp³-hybridized carbons (Fsp3) is 0.429. The number of nitrogens with zero attached hydrogens (tertiary/aromatic N) is 6. The van der Waals surface area contributed by atoms with Crippen LogP contribution in [0.3, 0.4) is 0 Å². The van der Waals surface area contributed by atoms with Crippen molar-refractivity contribution in [1.29, 1.82) is 0 Å². The Morgan fingerprint density at radius 1 is 1.17 bits per heavy atom. The smallest absolute Gasteiger partial charge is 0.251 e. The van der Waals surface area contributed by atoms with Crippen molar-refractivity contribution >= 4 is 5.82 Å². The van der Waals surface area contributed by atoms with Crippen molar-refractivity contribution in [2.24, 2.45) is 13.0 Å². The van der Waals surface area contributed by atoms with E-state index in [-0.39, 0.29) is 5.56 Å². The average Bonchev–Trinajstić information content (AvgIpc) is 3.01. The Labute approximate surface area is 169 Å². The average molecular weight is 391 g/mol. The number of anilines is 1. The molecule has 8 nitrogen and oxygen atoms in total. The van der Waals surface area contributed by atoms with Crippen molar-refractivity contribution in [3.05, 3.63) is 58.0 Å². The van der Waals surface area contributed by atoms with E-state index in [1.54, 1.807) is 12.1 Å². The second kappa shape index (κ2) is 6.81. The summed E-state index contributed by atoms with van der Waals surface area (Å²) in [4.78, 5) is 23.6. The molecule has 2 aliphatic heterocycles. The highest BCUT2D eigenvalue weighted by Crippen LogP contribution is 2.37. The van der Waals surface area contributed by atoms with Crippen molar-refractivity contribution in [3.8, 4) is 11.3 Å². The minimum absolute atomic E-state index is 0.0425. The molecule has 0 spiro atoms. The normalized spacial score (nSPS) is 21.2. The molecular weight excluding hydrogens is 366 g/mol. The lowest BCUT2D eigenvalue weighted by Gasteiger charge is -2.43. The van der Waals surface area contributed by atoms with Crippen molar-refractivity contribution in [2.45, 2.75) is 32.4 Å². The maximum atomic E-state index is 12.9. The molecular formula is C21H25N7O. The van der Waals surface area contributed by atoms with E-state index in [0.717, 1.165) is 43.9 Å². The van der Waals surface area contributed by atoms with Gasteiger partial charge in [-0.3, -0.25) is 14.4 Å². The molecule has 29 heavy (non-hydrogen) atoms. The van der Waals surface area contributed by atoms with Gasteiger partial charge in [-0.1, -0.05) is 0 Å². The third-order valence-electron chi connectivity index (χ3n) is 6.35. The van der Waals surface area contributed by atoms with Crippen molar-refractivity contribution in [2.75, 3.05) is 18.8 Å². The molecule has 0 amide bonds. The van der Waals surface area contributed by atoms with E-state index in [9.17, 15) is 4.79 Å². The van der Waals surface area contributed by atoms with Gasteiger partial charge in [0.25, 0.3) is 5.56 Å². The van der Waals surface area contributed by atoms with Crippen LogP contribution in [0, 0.1) is 12.8 Å². The second-order valence-electron chi connectivity index (χ2n) is 8.32. The quantitative estimate of drug-likeness (QED) is 0.728. The molecule has 3 aromatic heterocycles. The van der Waals surface area contributed by atoms with Gasteiger partial charge in [0.1, 0.15) is 12.1 Å². The van der Waals surface area contributed by atoms with Crippen LogP contribution in [0.1, 0.15) is 29.3 Å². The predicted molar refractivity (Wildman–Crippen MR) is 110 cm³/mol. The molecule has 2 aliphatic rings. The summed E-state index contributed by atoms with van der Waals surface area (Å²) < 4.78 is 3.88. The summed E-state index contributed by atoms with van der Waals surface area (Å²) in [5, 5.41) is 4.38. The van der Waals surface area contributed by atoms with Gasteiger partial charge in [0.05, 0.1) is 11.9 Å². The van der Waals surface area contributed by atoms with E-state index in [2.05, 4.69) is 33.0 Å². The predicted octanol–water partition coefficient (Wildman–Crippen LogP) is 1.55. The summed E-state index contributed by atoms with van der Waals surface area (Å²) in [5.74, 6) is 1.24. The number of nitrogens with two attached hydrogens (primary N) is 1. The zero-order valence-electron chi connectivity index (χ0n) is 16.7. The fourth-order valence-electron chi connectivity index (χ4n) is 4.81. The fourth-order valence-corrected chi connectivity index (χ4v) is 4.81. The van der Waals surface area contributed by atoms with Crippen LogP contribution in [0.2, 0.25) is 0 Å². The van der Waals surface area contributed by atoms with Crippen molar-refractivity contribution in [3.63, 3.8) is 0 Å². The Morgan fingerprint density at radius 2 is 2.03 bits per heavy atom. The number of piperidine rings is 1. The van der Waals surface area contributed by atoms with Crippen molar-refractivity contribution < 1.29 is 0 Å². The first kappa shape index (κ1) is 18.1. The maximum Gasteiger partial charge on any atom is 0.251 e. The topological polar surface area (TPSA) is 94.9 Å². The summed E-state index contributed by atoms with van der Waals surface area (Å²) in [6.45, 7) is 5.75. The van der Waals surface area contributed by atoms with Gasteiger partial charge in [0.2, 0.25) is 0 Å². The summed E-state index contributed by atoms with van der Waals surface area (Å²) in [5.41, 5.74) is 10.9. The maximum absolute atomic E-state index is 12.9. The van der Waals surface area contributed by atoms with Crippen LogP contribution < -0.4 is 11.3 Å². The largest absolute Gasteiger partial charge is 0.384 e. The summed E-state index contributed by atoms with van der Waals surface area (Å²) in [7, 11) is 1.98. The molecule has 0 saturated carbocycles. The van der Waals surface area contributed by atoms with Crippen LogP contribution in [-0.2, 0) is 20.1 Å². The van der Waals surface area contributed by atoms with Gasteiger partial charge >= 0.3 is 0 Å². The van der Waals surface area contributed by atoms with Gasteiger partial charge in [-0.05, 0) is 25.3 Å². The molecule has 5 heterocycles. The Balaban J connectivity index is 1.46. The molecule has 0 unspecified atom stereocenters. The van der Waals surface area contributed by atoms with Gasteiger partial charge in [-0.25, -0.2) is 9.97 Å². The van der Waals surface area contributed by atoms with Gasteiger partial charge < -0.3 is 10.3 Å². The highest BCUT2D eigenvalue weighted by atomic mass is 16.1. The highest BCUT2D eigenvalue weighted by Gasteiger charge is 2.35. The van der Waals surface area contributed by atoms with Crippen LogP contribution in [0.25, 0.3) is 11.3 Å². The molecule has 2 bridgehead atoms. The third kappa shape index (κ3) is 3.23. The molecule has 3 aromatic rings. The summed E-state index contributed by atoms with van der Waals surface area (Å²) in [6.07, 6.45) is 4.53. The molecule has 2 atom stereocenters. The van der Waals surface area contributed by atoms with Crippen LogP contribution in [-0.4, -0.2) is 42.3 Å². The first-order chi connectivity index (χ1) is 14.0. The lowest BCUT2D eigenvalue weighted by atomic mass is 9.82. The number of fused-ring (bicyclic) bond motifs is 4. The number of aryl methyl sites for hydroxylation is 1. The molecule has 0 aliphatic carbocycles. The van der Waals surface area contributed by atoms with Crippen LogP contribution in [0.4, 0.5) is 5.82 Å². The molecule has 150 valence electrons. The molecule has 8 heteroatoms. The van der Waals surface area contributed by atoms with Crippen LogP contribution in [0.5, 0.6) is 0 Å². The van der Waals surface area contributed by atoms with E-state index >= 15 is 0 Å². The minimum Gasteiger partial charge on any atom is -0.384 e. The zero-order chi connectivity index (χ0) is 20.1. The Bertz CT molecular complexity index is 1130. The standard InChI is InChI=1S/C21H25N7O/c1-13-17(7-25-26(13)2)11-27-8-14-3-16(10-27)19-4-15(5-21(29)28(19)9-14)18-6-20(22)24-12-23-18/h4-7,12,14,16H,3,8-11H2,1-2H3,(H2,22,23,24)/t14-,16+/m0/s1. The van der Waals surface area contributed by atoms with E-state index in [0.29, 0.717) is 23.3 Å². The number of hydrogen-bond acceptors (Lipinski definition) is 6. The molecule has 1 fully saturated rings. The van der Waals surface area contributed by atoms with Gasteiger partial charge in [-0.2, -0.15) is 5.10 Å². The number of pyridine rings is 1. The van der Waals surface area contributed by atoms with E-state index < -0.39 is 0 Å². The first-order valence-electron chi connectivity index (χ1n) is 10.0. The number of hydrogen-bond donors (Lipinski definition) is 1. The lowest BCUT2D eigenvalue weighted by Crippen LogP contribution is -2.46. The molecule has 1 saturated heterocycles. The van der Waals surface area contributed by atoms with E-state index in [1.807, 2.05) is 22.5 Å². The second-order valence-corrected chi connectivity index (χ2v) is 8.32. The molecule has 5 rings (SSSR count). The Morgan fingerprint density at radius 3 is 2.79 bits per heavy atom. The number of rotatable bonds is 3. The SMILES string of the molecule is Cc1c(CN2C[C@@H]3C[C@H](C2)c2cc(-c4cc(N)ncn4)cc(=O)n2C3)cnn1C. The van der Waals surface area contributed by atoms with Crippen LogP contribution >= 0.6 is 0 Å². The highest BCUT2D eigenvalue weighted by molar-refractivity contribution is 5.61. The number of nitrogen functional groups attached to an aromatic ring is 1. The minimum atomic E-state index is 0.0425.